The van der Waals surface area contributed by atoms with E-state index in [4.69, 9.17) is 23.2 Å². The number of rotatable bonds is 5. The summed E-state index contributed by atoms with van der Waals surface area (Å²) in [6.45, 7) is 0. The van der Waals surface area contributed by atoms with Crippen LogP contribution in [0.5, 0.6) is 0 Å². The zero-order valence-electron chi connectivity index (χ0n) is 17.4. The van der Waals surface area contributed by atoms with Crippen molar-refractivity contribution in [2.24, 2.45) is 0 Å². The molecule has 0 aliphatic heterocycles. The molecule has 0 radical (unpaired) electrons. The number of sulfonamides is 1. The van der Waals surface area contributed by atoms with Gasteiger partial charge >= 0.3 is 0 Å². The molecule has 1 atom stereocenters. The standard InChI is InChI=1S/C24H22Cl2N2O3S/c1-28(19-12-10-18(25)11-13-19)32(30,31)23-15-17(9-14-21(23)26)24(29)27-22-8-4-6-16-5-2-3-7-20(16)22/h2-3,5,7,9-15,22H,4,6,8H2,1H3,(H,27,29). The summed E-state index contributed by atoms with van der Waals surface area (Å²) in [5.74, 6) is -0.339. The Balaban J connectivity index is 1.61. The normalized spacial score (nSPS) is 15.7. The number of anilines is 1. The molecule has 8 heteroatoms. The molecule has 3 aromatic rings. The average molecular weight is 489 g/mol. The highest BCUT2D eigenvalue weighted by Gasteiger charge is 2.27. The third-order valence-corrected chi connectivity index (χ3v) is 8.22. The third-order valence-electron chi connectivity index (χ3n) is 5.70. The SMILES string of the molecule is CN(c1ccc(Cl)cc1)S(=O)(=O)c1cc(C(=O)NC2CCCc3ccccc32)ccc1Cl. The van der Waals surface area contributed by atoms with E-state index >= 15 is 0 Å². The summed E-state index contributed by atoms with van der Waals surface area (Å²) in [6.07, 6.45) is 2.80. The minimum atomic E-state index is -4.00. The van der Waals surface area contributed by atoms with Gasteiger partial charge in [0.1, 0.15) is 4.90 Å². The predicted molar refractivity (Wildman–Crippen MR) is 128 cm³/mol. The Kier molecular flexibility index (Phi) is 6.47. The quantitative estimate of drug-likeness (QED) is 0.506. The Morgan fingerprint density at radius 1 is 1.03 bits per heavy atom. The summed E-state index contributed by atoms with van der Waals surface area (Å²) in [4.78, 5) is 12.9. The van der Waals surface area contributed by atoms with Crippen LogP contribution in [0.15, 0.2) is 71.6 Å². The molecular formula is C24H22Cl2N2O3S. The first-order valence-electron chi connectivity index (χ1n) is 10.2. The molecule has 1 unspecified atom stereocenters. The molecule has 0 saturated heterocycles. The van der Waals surface area contributed by atoms with Crippen molar-refractivity contribution in [3.63, 3.8) is 0 Å². The molecule has 4 rings (SSSR count). The second kappa shape index (κ2) is 9.14. The van der Waals surface area contributed by atoms with E-state index in [1.807, 2.05) is 18.2 Å². The first-order chi connectivity index (χ1) is 15.3. The van der Waals surface area contributed by atoms with E-state index in [1.54, 1.807) is 24.3 Å². The summed E-state index contributed by atoms with van der Waals surface area (Å²) in [7, 11) is -2.56. The van der Waals surface area contributed by atoms with Crippen LogP contribution >= 0.6 is 23.2 Å². The lowest BCUT2D eigenvalue weighted by molar-refractivity contribution is 0.0932. The summed E-state index contributed by atoms with van der Waals surface area (Å²) >= 11 is 12.1. The molecule has 1 amide bonds. The fourth-order valence-corrected chi connectivity index (χ4v) is 5.75. The Hall–Kier alpha value is -2.54. The van der Waals surface area contributed by atoms with E-state index in [1.165, 1.54) is 30.8 Å². The average Bonchev–Trinajstić information content (AvgIpc) is 2.79. The van der Waals surface area contributed by atoms with Crippen LogP contribution in [0.2, 0.25) is 10.0 Å². The maximum absolute atomic E-state index is 13.2. The molecule has 0 heterocycles. The number of amides is 1. The number of nitrogens with one attached hydrogen (secondary N) is 1. The smallest absolute Gasteiger partial charge is 0.265 e. The predicted octanol–water partition coefficient (Wildman–Crippen LogP) is 5.63. The van der Waals surface area contributed by atoms with E-state index in [9.17, 15) is 13.2 Å². The van der Waals surface area contributed by atoms with E-state index in [-0.39, 0.29) is 27.4 Å². The van der Waals surface area contributed by atoms with Crippen LogP contribution in [0.4, 0.5) is 5.69 Å². The largest absolute Gasteiger partial charge is 0.345 e. The number of hydrogen-bond acceptors (Lipinski definition) is 3. The Morgan fingerprint density at radius 2 is 1.75 bits per heavy atom. The van der Waals surface area contributed by atoms with Crippen LogP contribution < -0.4 is 9.62 Å². The summed E-state index contributed by atoms with van der Waals surface area (Å²) in [6, 6.07) is 18.7. The molecule has 0 spiro atoms. The highest BCUT2D eigenvalue weighted by Crippen LogP contribution is 2.31. The van der Waals surface area contributed by atoms with Crippen molar-refractivity contribution in [2.45, 2.75) is 30.2 Å². The highest BCUT2D eigenvalue weighted by molar-refractivity contribution is 7.93. The van der Waals surface area contributed by atoms with Crippen LogP contribution in [0.1, 0.15) is 40.4 Å². The van der Waals surface area contributed by atoms with Gasteiger partial charge in [0, 0.05) is 17.6 Å². The second-order valence-corrected chi connectivity index (χ2v) is 10.5. The molecule has 1 aliphatic carbocycles. The van der Waals surface area contributed by atoms with Crippen molar-refractivity contribution in [2.75, 3.05) is 11.4 Å². The fourth-order valence-electron chi connectivity index (χ4n) is 3.93. The number of hydrogen-bond donors (Lipinski definition) is 1. The van der Waals surface area contributed by atoms with Crippen molar-refractivity contribution in [3.8, 4) is 0 Å². The molecule has 32 heavy (non-hydrogen) atoms. The fraction of sp³-hybridized carbons (Fsp3) is 0.208. The molecule has 5 nitrogen and oxygen atoms in total. The summed E-state index contributed by atoms with van der Waals surface area (Å²) < 4.78 is 27.6. The third kappa shape index (κ3) is 4.49. The Bertz CT molecular complexity index is 1260. The van der Waals surface area contributed by atoms with Crippen molar-refractivity contribution < 1.29 is 13.2 Å². The lowest BCUT2D eigenvalue weighted by Crippen LogP contribution is -2.31. The molecule has 3 aromatic carbocycles. The van der Waals surface area contributed by atoms with Crippen molar-refractivity contribution >= 4 is 44.8 Å². The Morgan fingerprint density at radius 3 is 2.50 bits per heavy atom. The van der Waals surface area contributed by atoms with Gasteiger partial charge in [-0.1, -0.05) is 47.5 Å². The number of aryl methyl sites for hydroxylation is 1. The van der Waals surface area contributed by atoms with E-state index in [0.29, 0.717) is 10.7 Å². The van der Waals surface area contributed by atoms with Gasteiger partial charge in [0.2, 0.25) is 0 Å². The molecular weight excluding hydrogens is 467 g/mol. The molecule has 1 N–H and O–H groups in total. The monoisotopic (exact) mass is 488 g/mol. The number of halogens is 2. The molecule has 0 aromatic heterocycles. The number of fused-ring (bicyclic) bond motifs is 1. The molecule has 166 valence electrons. The first kappa shape index (κ1) is 22.6. The van der Waals surface area contributed by atoms with Gasteiger partial charge in [-0.25, -0.2) is 8.42 Å². The van der Waals surface area contributed by atoms with Crippen LogP contribution in [0.3, 0.4) is 0 Å². The van der Waals surface area contributed by atoms with E-state index < -0.39 is 10.0 Å². The molecule has 0 saturated carbocycles. The van der Waals surface area contributed by atoms with E-state index in [2.05, 4.69) is 11.4 Å². The van der Waals surface area contributed by atoms with Gasteiger partial charge in [-0.3, -0.25) is 9.10 Å². The van der Waals surface area contributed by atoms with Gasteiger partial charge < -0.3 is 5.32 Å². The summed E-state index contributed by atoms with van der Waals surface area (Å²) in [5.41, 5.74) is 3.00. The molecule has 0 fully saturated rings. The second-order valence-electron chi connectivity index (χ2n) is 7.71. The minimum Gasteiger partial charge on any atom is -0.345 e. The van der Waals surface area contributed by atoms with Crippen molar-refractivity contribution in [1.29, 1.82) is 0 Å². The van der Waals surface area contributed by atoms with Crippen molar-refractivity contribution in [3.05, 3.63) is 93.5 Å². The van der Waals surface area contributed by atoms with E-state index in [0.717, 1.165) is 29.1 Å². The first-order valence-corrected chi connectivity index (χ1v) is 12.4. The lowest BCUT2D eigenvalue weighted by Gasteiger charge is -2.26. The molecule has 1 aliphatic rings. The zero-order valence-corrected chi connectivity index (χ0v) is 19.7. The zero-order chi connectivity index (χ0) is 22.9. The maximum atomic E-state index is 13.2. The lowest BCUT2D eigenvalue weighted by atomic mass is 9.87. The van der Waals surface area contributed by atoms with Gasteiger partial charge in [-0.05, 0) is 72.9 Å². The number of carbonyl (C=O) groups excluding carboxylic acids is 1. The van der Waals surface area contributed by atoms with Crippen LogP contribution in [-0.2, 0) is 16.4 Å². The van der Waals surface area contributed by atoms with Gasteiger partial charge in [-0.2, -0.15) is 0 Å². The van der Waals surface area contributed by atoms with Gasteiger partial charge in [0.05, 0.1) is 16.8 Å². The number of benzene rings is 3. The van der Waals surface area contributed by atoms with Crippen molar-refractivity contribution in [1.82, 2.24) is 5.32 Å². The van der Waals surface area contributed by atoms with Gasteiger partial charge in [0.25, 0.3) is 15.9 Å². The summed E-state index contributed by atoms with van der Waals surface area (Å²) in [5, 5.41) is 3.60. The number of nitrogens with zero attached hydrogens (tertiary/aromatic N) is 1. The molecule has 0 bridgehead atoms. The van der Waals surface area contributed by atoms with Crippen LogP contribution in [0.25, 0.3) is 0 Å². The van der Waals surface area contributed by atoms with Gasteiger partial charge in [0.15, 0.2) is 0 Å². The Labute approximate surface area is 198 Å². The minimum absolute atomic E-state index is 0.0466. The van der Waals surface area contributed by atoms with Crippen LogP contribution in [-0.4, -0.2) is 21.4 Å². The van der Waals surface area contributed by atoms with Gasteiger partial charge in [-0.15, -0.1) is 0 Å². The van der Waals surface area contributed by atoms with Crippen LogP contribution in [0, 0.1) is 0 Å². The highest BCUT2D eigenvalue weighted by atomic mass is 35.5. The topological polar surface area (TPSA) is 66.5 Å². The number of carbonyl (C=O) groups is 1. The maximum Gasteiger partial charge on any atom is 0.265 e.